The van der Waals surface area contributed by atoms with Crippen LogP contribution in [-0.4, -0.2) is 44.4 Å². The second-order valence-corrected chi connectivity index (χ2v) is 10.1. The molecule has 3 aromatic carbocycles. The lowest BCUT2D eigenvalue weighted by Gasteiger charge is -2.26. The number of Topliss-reactive ketones (excluding diaryl/α,β-unsaturated/α-hetero) is 1. The molecule has 2 aliphatic rings. The molecule has 188 valence electrons. The molecular weight excluding hydrogens is 464 g/mol. The molecule has 0 spiro atoms. The zero-order valence-electron chi connectivity index (χ0n) is 21.5. The Bertz CT molecular complexity index is 1220. The fourth-order valence-electron chi connectivity index (χ4n) is 5.41. The van der Waals surface area contributed by atoms with E-state index in [1.165, 1.54) is 71.4 Å². The number of likely N-dealkylation sites (tertiary alicyclic amines) is 1. The molecule has 5 rings (SSSR count). The smallest absolute Gasteiger partial charge is 0.162 e. The first-order valence-electron chi connectivity index (χ1n) is 13.1. The van der Waals surface area contributed by atoms with Crippen molar-refractivity contribution in [3.63, 3.8) is 0 Å². The van der Waals surface area contributed by atoms with Gasteiger partial charge in [-0.05, 0) is 103 Å². The van der Waals surface area contributed by atoms with Gasteiger partial charge in [-0.1, -0.05) is 55.0 Å². The van der Waals surface area contributed by atoms with E-state index < -0.39 is 0 Å². The fourth-order valence-corrected chi connectivity index (χ4v) is 5.41. The molecule has 1 saturated heterocycles. The Hall–Kier alpha value is -2.88. The van der Waals surface area contributed by atoms with E-state index in [9.17, 15) is 4.79 Å². The van der Waals surface area contributed by atoms with Crippen molar-refractivity contribution in [1.29, 1.82) is 0 Å². The van der Waals surface area contributed by atoms with Gasteiger partial charge in [0.15, 0.2) is 5.78 Å². The van der Waals surface area contributed by atoms with Gasteiger partial charge in [0.1, 0.15) is 0 Å². The maximum Gasteiger partial charge on any atom is 0.162 e. The predicted octanol–water partition coefficient (Wildman–Crippen LogP) is 7.58. The fraction of sp³-hybridized carbons (Fsp3) is 0.344. The Kier molecular flexibility index (Phi) is 8.66. The minimum absolute atomic E-state index is 0. The van der Waals surface area contributed by atoms with Crippen LogP contribution in [-0.2, 0) is 0 Å². The summed E-state index contributed by atoms with van der Waals surface area (Å²) >= 11 is 0. The van der Waals surface area contributed by atoms with Crippen molar-refractivity contribution in [3.8, 4) is 11.1 Å². The third-order valence-corrected chi connectivity index (χ3v) is 7.44. The van der Waals surface area contributed by atoms with E-state index in [1.54, 1.807) is 0 Å². The summed E-state index contributed by atoms with van der Waals surface area (Å²) in [5, 5.41) is 0. The van der Waals surface area contributed by atoms with Crippen LogP contribution in [0.1, 0.15) is 65.6 Å². The van der Waals surface area contributed by atoms with Gasteiger partial charge >= 0.3 is 0 Å². The van der Waals surface area contributed by atoms with Crippen LogP contribution in [0.5, 0.6) is 0 Å². The second kappa shape index (κ2) is 11.9. The summed E-state index contributed by atoms with van der Waals surface area (Å²) in [7, 11) is 4.12. The van der Waals surface area contributed by atoms with Crippen LogP contribution in [0, 0.1) is 0 Å². The normalized spacial score (nSPS) is 15.8. The van der Waals surface area contributed by atoms with Crippen LogP contribution < -0.4 is 4.90 Å². The van der Waals surface area contributed by atoms with Gasteiger partial charge in [0.05, 0.1) is 0 Å². The standard InChI is InChI=1S/C32H36N2O.ClH/c1-33(2)26-16-13-24(14-17-26)22-30-28-11-5-4-10-27(28)29-18-15-25(23-31(29)30)32(35)12-6-9-21-34-19-7-3-8-20-34;/h4-5,10-11,13-18,22-23H,3,6-9,12,19-21H2,1-2H3;1H/b30-22-;. The van der Waals surface area contributed by atoms with Crippen LogP contribution in [0.15, 0.2) is 66.7 Å². The van der Waals surface area contributed by atoms with Gasteiger partial charge in [0.2, 0.25) is 0 Å². The molecule has 3 aromatic rings. The molecule has 36 heavy (non-hydrogen) atoms. The Morgan fingerprint density at radius 3 is 2.25 bits per heavy atom. The quantitative estimate of drug-likeness (QED) is 0.184. The predicted molar refractivity (Wildman–Crippen MR) is 155 cm³/mol. The average molecular weight is 501 g/mol. The Labute approximate surface area is 222 Å². The Balaban J connectivity index is 0.00000304. The molecule has 1 fully saturated rings. The van der Waals surface area contributed by atoms with Crippen molar-refractivity contribution in [3.05, 3.63) is 89.0 Å². The minimum atomic E-state index is 0. The number of hydrogen-bond acceptors (Lipinski definition) is 3. The summed E-state index contributed by atoms with van der Waals surface area (Å²) in [4.78, 5) is 17.8. The molecule has 1 aliphatic carbocycles. The van der Waals surface area contributed by atoms with Crippen LogP contribution in [0.2, 0.25) is 0 Å². The molecule has 0 unspecified atom stereocenters. The second-order valence-electron chi connectivity index (χ2n) is 10.1. The van der Waals surface area contributed by atoms with Crippen molar-refractivity contribution in [2.45, 2.75) is 38.5 Å². The number of nitrogens with zero attached hydrogens (tertiary/aromatic N) is 2. The van der Waals surface area contributed by atoms with E-state index in [2.05, 4.69) is 90.6 Å². The number of hydrogen-bond donors (Lipinski definition) is 0. The number of piperidine rings is 1. The van der Waals surface area contributed by atoms with Crippen molar-refractivity contribution in [2.24, 2.45) is 0 Å². The van der Waals surface area contributed by atoms with E-state index in [4.69, 9.17) is 0 Å². The van der Waals surface area contributed by atoms with E-state index in [0.29, 0.717) is 6.42 Å². The molecule has 0 atom stereocenters. The molecule has 1 aliphatic heterocycles. The first-order valence-corrected chi connectivity index (χ1v) is 13.1. The topological polar surface area (TPSA) is 23.6 Å². The maximum atomic E-state index is 13.1. The molecule has 4 heteroatoms. The van der Waals surface area contributed by atoms with E-state index in [-0.39, 0.29) is 18.2 Å². The minimum Gasteiger partial charge on any atom is -0.378 e. The summed E-state index contributed by atoms with van der Waals surface area (Å²) in [5.41, 5.74) is 9.27. The van der Waals surface area contributed by atoms with Crippen molar-refractivity contribution in [2.75, 3.05) is 38.6 Å². The highest BCUT2D eigenvalue weighted by Crippen LogP contribution is 2.45. The third kappa shape index (κ3) is 5.74. The van der Waals surface area contributed by atoms with Crippen molar-refractivity contribution in [1.82, 2.24) is 4.90 Å². The summed E-state index contributed by atoms with van der Waals surface area (Å²) in [6, 6.07) is 23.5. The number of rotatable bonds is 8. The number of carbonyl (C=O) groups excluding carboxylic acids is 1. The Morgan fingerprint density at radius 1 is 0.833 bits per heavy atom. The molecule has 0 saturated carbocycles. The maximum absolute atomic E-state index is 13.1. The summed E-state index contributed by atoms with van der Waals surface area (Å²) < 4.78 is 0. The van der Waals surface area contributed by atoms with Gasteiger partial charge in [-0.2, -0.15) is 0 Å². The number of halogens is 1. The van der Waals surface area contributed by atoms with Crippen LogP contribution in [0.4, 0.5) is 5.69 Å². The first kappa shape index (κ1) is 26.2. The first-order chi connectivity index (χ1) is 17.1. The molecule has 1 heterocycles. The highest BCUT2D eigenvalue weighted by molar-refractivity contribution is 6.08. The van der Waals surface area contributed by atoms with Gasteiger partial charge in [-0.25, -0.2) is 0 Å². The molecule has 0 radical (unpaired) electrons. The van der Waals surface area contributed by atoms with E-state index >= 15 is 0 Å². The third-order valence-electron chi connectivity index (χ3n) is 7.44. The molecule has 0 N–H and O–H groups in total. The zero-order valence-corrected chi connectivity index (χ0v) is 22.3. The lowest BCUT2D eigenvalue weighted by atomic mass is 9.96. The molecule has 0 bridgehead atoms. The lowest BCUT2D eigenvalue weighted by molar-refractivity contribution is 0.0977. The monoisotopic (exact) mass is 500 g/mol. The van der Waals surface area contributed by atoms with Gasteiger partial charge < -0.3 is 9.80 Å². The SMILES string of the molecule is CN(C)c1ccc(/C=C2/c3ccccc3-c3ccc(C(=O)CCCCN4CCCCC4)cc32)cc1.Cl. The van der Waals surface area contributed by atoms with Crippen LogP contribution in [0.25, 0.3) is 22.8 Å². The molecule has 3 nitrogen and oxygen atoms in total. The highest BCUT2D eigenvalue weighted by Gasteiger charge is 2.24. The number of ketones is 1. The number of anilines is 1. The van der Waals surface area contributed by atoms with Crippen LogP contribution in [0.3, 0.4) is 0 Å². The summed E-state index contributed by atoms with van der Waals surface area (Å²) in [5.74, 6) is 0.261. The van der Waals surface area contributed by atoms with Gasteiger partial charge in [-0.3, -0.25) is 4.79 Å². The number of carbonyl (C=O) groups is 1. The van der Waals surface area contributed by atoms with Crippen molar-refractivity contribution < 1.29 is 4.79 Å². The molecule has 0 amide bonds. The van der Waals surface area contributed by atoms with Crippen LogP contribution >= 0.6 is 12.4 Å². The van der Waals surface area contributed by atoms with Gasteiger partial charge in [-0.15, -0.1) is 12.4 Å². The average Bonchev–Trinajstić information content (AvgIpc) is 3.20. The number of benzene rings is 3. The molecule has 0 aromatic heterocycles. The summed E-state index contributed by atoms with van der Waals surface area (Å²) in [6.45, 7) is 3.59. The Morgan fingerprint density at radius 2 is 1.53 bits per heavy atom. The number of unbranched alkanes of at least 4 members (excludes halogenated alkanes) is 1. The van der Waals surface area contributed by atoms with Gasteiger partial charge in [0.25, 0.3) is 0 Å². The largest absolute Gasteiger partial charge is 0.378 e. The lowest BCUT2D eigenvalue weighted by Crippen LogP contribution is -2.30. The van der Waals surface area contributed by atoms with Gasteiger partial charge in [0, 0.05) is 31.8 Å². The van der Waals surface area contributed by atoms with Crippen molar-refractivity contribution >= 4 is 35.5 Å². The highest BCUT2D eigenvalue weighted by atomic mass is 35.5. The summed E-state index contributed by atoms with van der Waals surface area (Å²) in [6.07, 6.45) is 8.98. The number of fused-ring (bicyclic) bond motifs is 3. The molecular formula is C32H37ClN2O. The zero-order chi connectivity index (χ0) is 24.2. The van der Waals surface area contributed by atoms with E-state index in [1.807, 2.05) is 6.07 Å². The van der Waals surface area contributed by atoms with E-state index in [0.717, 1.165) is 24.9 Å².